The van der Waals surface area contributed by atoms with Crippen molar-refractivity contribution in [3.05, 3.63) is 69.2 Å². The van der Waals surface area contributed by atoms with E-state index < -0.39 is 4.92 Å². The minimum atomic E-state index is -0.474. The molecule has 0 aliphatic heterocycles. The first-order valence-corrected chi connectivity index (χ1v) is 8.01. The van der Waals surface area contributed by atoms with Crippen LogP contribution < -0.4 is 5.32 Å². The first-order valence-electron chi connectivity index (χ1n) is 6.81. The van der Waals surface area contributed by atoms with Crippen LogP contribution in [0.5, 0.6) is 0 Å². The van der Waals surface area contributed by atoms with Gasteiger partial charge in [0.05, 0.1) is 14.6 Å². The Bertz CT molecular complexity index is 951. The number of non-ortho nitro benzene ring substituents is 1. The van der Waals surface area contributed by atoms with Crippen molar-refractivity contribution in [1.29, 1.82) is 0 Å². The lowest BCUT2D eigenvalue weighted by Gasteiger charge is -1.96. The number of benzene rings is 2. The van der Waals surface area contributed by atoms with E-state index >= 15 is 0 Å². The Labute approximate surface area is 145 Å². The van der Waals surface area contributed by atoms with Gasteiger partial charge in [-0.3, -0.25) is 20.2 Å². The highest BCUT2D eigenvalue weighted by Crippen LogP contribution is 2.30. The van der Waals surface area contributed by atoms with Gasteiger partial charge in [-0.1, -0.05) is 29.0 Å². The first kappa shape index (κ1) is 16.1. The number of amides is 1. The number of rotatable bonds is 4. The van der Waals surface area contributed by atoms with Crippen molar-refractivity contribution in [3.63, 3.8) is 0 Å². The summed E-state index contributed by atoms with van der Waals surface area (Å²) in [6.45, 7) is 0. The molecule has 8 heteroatoms. The number of aromatic nitrogens is 1. The molecule has 0 unspecified atom stereocenters. The van der Waals surface area contributed by atoms with Crippen molar-refractivity contribution in [3.8, 4) is 0 Å². The summed E-state index contributed by atoms with van der Waals surface area (Å²) in [5, 5.41) is 14.2. The molecule has 0 radical (unpaired) electrons. The molecule has 24 heavy (non-hydrogen) atoms. The molecule has 120 valence electrons. The molecule has 1 heterocycles. The third-order valence-electron chi connectivity index (χ3n) is 3.13. The van der Waals surface area contributed by atoms with Gasteiger partial charge < -0.3 is 0 Å². The summed E-state index contributed by atoms with van der Waals surface area (Å²) in [6, 6.07) is 11.3. The number of thiazole rings is 1. The van der Waals surface area contributed by atoms with Crippen molar-refractivity contribution < 1.29 is 9.72 Å². The van der Waals surface area contributed by atoms with Crippen LogP contribution in [0.4, 0.5) is 10.8 Å². The lowest BCUT2D eigenvalue weighted by atomic mass is 10.2. The SMILES string of the molecule is O=C(/C=C/c1ccc([N+](=O)[O-])cc1)Nc1nc2c(Cl)cccc2s1. The van der Waals surface area contributed by atoms with Crippen LogP contribution in [0, 0.1) is 10.1 Å². The van der Waals surface area contributed by atoms with Crippen LogP contribution in [-0.4, -0.2) is 15.8 Å². The van der Waals surface area contributed by atoms with E-state index in [1.54, 1.807) is 24.3 Å². The summed E-state index contributed by atoms with van der Waals surface area (Å²) in [4.78, 5) is 26.3. The molecule has 0 bridgehead atoms. The molecular formula is C16H10ClN3O3S. The highest BCUT2D eigenvalue weighted by atomic mass is 35.5. The predicted molar refractivity (Wildman–Crippen MR) is 95.4 cm³/mol. The molecule has 0 saturated carbocycles. The Kier molecular flexibility index (Phi) is 4.54. The fraction of sp³-hybridized carbons (Fsp3) is 0. The summed E-state index contributed by atoms with van der Waals surface area (Å²) in [5.74, 6) is -0.344. The molecule has 0 aliphatic rings. The van der Waals surface area contributed by atoms with Crippen LogP contribution >= 0.6 is 22.9 Å². The van der Waals surface area contributed by atoms with E-state index in [0.717, 1.165) is 4.70 Å². The molecule has 3 rings (SSSR count). The Morgan fingerprint density at radius 1 is 1.25 bits per heavy atom. The number of fused-ring (bicyclic) bond motifs is 1. The van der Waals surface area contributed by atoms with Crippen LogP contribution in [-0.2, 0) is 4.79 Å². The number of hydrogen-bond acceptors (Lipinski definition) is 5. The molecule has 6 nitrogen and oxygen atoms in total. The maximum atomic E-state index is 12.0. The van der Waals surface area contributed by atoms with Gasteiger partial charge in [-0.2, -0.15) is 0 Å². The molecule has 1 aromatic heterocycles. The Hall–Kier alpha value is -2.77. The summed E-state index contributed by atoms with van der Waals surface area (Å²) in [5.41, 5.74) is 1.34. The lowest BCUT2D eigenvalue weighted by molar-refractivity contribution is -0.384. The molecular weight excluding hydrogens is 350 g/mol. The number of hydrogen-bond donors (Lipinski definition) is 1. The van der Waals surface area contributed by atoms with E-state index in [4.69, 9.17) is 11.6 Å². The molecule has 0 spiro atoms. The molecule has 0 aliphatic carbocycles. The van der Waals surface area contributed by atoms with Crippen molar-refractivity contribution in [2.45, 2.75) is 0 Å². The molecule has 0 atom stereocenters. The highest BCUT2D eigenvalue weighted by molar-refractivity contribution is 7.22. The van der Waals surface area contributed by atoms with Gasteiger partial charge in [-0.05, 0) is 35.9 Å². The Morgan fingerprint density at radius 3 is 2.67 bits per heavy atom. The van der Waals surface area contributed by atoms with Crippen molar-refractivity contribution in [2.24, 2.45) is 0 Å². The zero-order valence-corrected chi connectivity index (χ0v) is 13.7. The van der Waals surface area contributed by atoms with Crippen LogP contribution in [0.15, 0.2) is 48.5 Å². The van der Waals surface area contributed by atoms with Gasteiger partial charge in [0, 0.05) is 18.2 Å². The van der Waals surface area contributed by atoms with E-state index in [1.165, 1.54) is 29.5 Å². The number of anilines is 1. The minimum Gasteiger partial charge on any atom is -0.298 e. The van der Waals surface area contributed by atoms with Crippen LogP contribution in [0.1, 0.15) is 5.56 Å². The average molecular weight is 360 g/mol. The molecule has 1 N–H and O–H groups in total. The third kappa shape index (κ3) is 3.58. The quantitative estimate of drug-likeness (QED) is 0.422. The highest BCUT2D eigenvalue weighted by Gasteiger charge is 2.08. The molecule has 3 aromatic rings. The van der Waals surface area contributed by atoms with Crippen molar-refractivity contribution >= 4 is 56.0 Å². The number of nitrogens with zero attached hydrogens (tertiary/aromatic N) is 2. The first-order chi connectivity index (χ1) is 11.5. The van der Waals surface area contributed by atoms with Crippen LogP contribution in [0.3, 0.4) is 0 Å². The summed E-state index contributed by atoms with van der Waals surface area (Å²) >= 11 is 7.38. The monoisotopic (exact) mass is 359 g/mol. The molecule has 2 aromatic carbocycles. The lowest BCUT2D eigenvalue weighted by Crippen LogP contribution is -2.07. The van der Waals surface area contributed by atoms with Crippen molar-refractivity contribution in [2.75, 3.05) is 5.32 Å². The summed E-state index contributed by atoms with van der Waals surface area (Å²) in [6.07, 6.45) is 2.91. The second-order valence-electron chi connectivity index (χ2n) is 4.78. The van der Waals surface area contributed by atoms with E-state index in [2.05, 4.69) is 10.3 Å². The Morgan fingerprint density at radius 2 is 2.00 bits per heavy atom. The van der Waals surface area contributed by atoms with Crippen LogP contribution in [0.25, 0.3) is 16.3 Å². The van der Waals surface area contributed by atoms with E-state index in [-0.39, 0.29) is 11.6 Å². The van der Waals surface area contributed by atoms with Gasteiger partial charge in [0.2, 0.25) is 5.91 Å². The number of para-hydroxylation sites is 1. The van der Waals surface area contributed by atoms with Gasteiger partial charge in [0.1, 0.15) is 5.52 Å². The van der Waals surface area contributed by atoms with Gasteiger partial charge in [0.15, 0.2) is 5.13 Å². The molecule has 0 saturated heterocycles. The number of nitro groups is 1. The van der Waals surface area contributed by atoms with Gasteiger partial charge >= 0.3 is 0 Å². The zero-order chi connectivity index (χ0) is 17.1. The van der Waals surface area contributed by atoms with Gasteiger partial charge in [0.25, 0.3) is 5.69 Å². The number of carbonyl (C=O) groups is 1. The number of halogens is 1. The summed E-state index contributed by atoms with van der Waals surface area (Å²) in [7, 11) is 0. The van der Waals surface area contributed by atoms with Gasteiger partial charge in [-0.25, -0.2) is 4.98 Å². The van der Waals surface area contributed by atoms with E-state index in [1.807, 2.05) is 12.1 Å². The largest absolute Gasteiger partial charge is 0.298 e. The Balaban J connectivity index is 1.70. The summed E-state index contributed by atoms with van der Waals surface area (Å²) < 4.78 is 0.886. The normalized spacial score (nSPS) is 11.0. The maximum absolute atomic E-state index is 12.0. The second-order valence-corrected chi connectivity index (χ2v) is 6.21. The number of nitro benzene ring substituents is 1. The topological polar surface area (TPSA) is 85.1 Å². The van der Waals surface area contributed by atoms with E-state index in [0.29, 0.717) is 21.2 Å². The van der Waals surface area contributed by atoms with E-state index in [9.17, 15) is 14.9 Å². The number of carbonyl (C=O) groups excluding carboxylic acids is 1. The second kappa shape index (κ2) is 6.77. The predicted octanol–water partition coefficient (Wildman–Crippen LogP) is 4.51. The average Bonchev–Trinajstić information content (AvgIpc) is 2.97. The molecule has 0 fully saturated rings. The number of nitrogens with one attached hydrogen (secondary N) is 1. The van der Waals surface area contributed by atoms with Crippen molar-refractivity contribution in [1.82, 2.24) is 4.98 Å². The smallest absolute Gasteiger partial charge is 0.269 e. The minimum absolute atomic E-state index is 0.00274. The zero-order valence-electron chi connectivity index (χ0n) is 12.1. The standard InChI is InChI=1S/C16H10ClN3O3S/c17-12-2-1-3-13-15(12)19-16(24-13)18-14(21)9-6-10-4-7-11(8-5-10)20(22)23/h1-9H,(H,18,19,21)/b9-6+. The fourth-order valence-electron chi connectivity index (χ4n) is 1.99. The third-order valence-corrected chi connectivity index (χ3v) is 4.37. The maximum Gasteiger partial charge on any atom is 0.269 e. The van der Waals surface area contributed by atoms with Gasteiger partial charge in [-0.15, -0.1) is 0 Å². The van der Waals surface area contributed by atoms with Crippen LogP contribution in [0.2, 0.25) is 5.02 Å². The fourth-order valence-corrected chi connectivity index (χ4v) is 3.16. The molecule has 1 amide bonds.